The molecule has 0 unspecified atom stereocenters. The summed E-state index contributed by atoms with van der Waals surface area (Å²) in [5.74, 6) is -0.534. The molecule has 0 saturated carbocycles. The fraction of sp³-hybridized carbons (Fsp3) is 0.158. The number of para-hydroxylation sites is 2. The van der Waals surface area contributed by atoms with Crippen LogP contribution in [0.1, 0.15) is 16.4 Å². The minimum Gasteiger partial charge on any atom is -0.330 e. The van der Waals surface area contributed by atoms with E-state index in [1.54, 1.807) is 49.4 Å². The van der Waals surface area contributed by atoms with Crippen LogP contribution in [-0.2, 0) is 4.79 Å². The smallest absolute Gasteiger partial charge is 0.293 e. The van der Waals surface area contributed by atoms with Crippen LogP contribution >= 0.6 is 34.8 Å². The van der Waals surface area contributed by atoms with Gasteiger partial charge in [-0.15, -0.1) is 5.10 Å². The van der Waals surface area contributed by atoms with Crippen LogP contribution in [0, 0.1) is 6.92 Å². The number of hydrogen-bond donors (Lipinski definition) is 1. The van der Waals surface area contributed by atoms with E-state index in [9.17, 15) is 9.59 Å². The summed E-state index contributed by atoms with van der Waals surface area (Å²) in [7, 11) is 1.47. The van der Waals surface area contributed by atoms with Crippen LogP contribution < -0.4 is 5.32 Å². The van der Waals surface area contributed by atoms with E-state index in [4.69, 9.17) is 34.8 Å². The third kappa shape index (κ3) is 4.70. The van der Waals surface area contributed by atoms with Gasteiger partial charge < -0.3 is 10.2 Å². The van der Waals surface area contributed by atoms with Gasteiger partial charge in [-0.25, -0.2) is 9.67 Å². The summed E-state index contributed by atoms with van der Waals surface area (Å²) in [6.45, 7) is 1.47. The lowest BCUT2D eigenvalue weighted by Gasteiger charge is -2.16. The lowest BCUT2D eigenvalue weighted by Crippen LogP contribution is -2.35. The molecule has 3 rings (SSSR count). The normalized spacial score (nSPS) is 10.7. The molecule has 1 N–H and O–H groups in total. The van der Waals surface area contributed by atoms with Crippen molar-refractivity contribution in [3.8, 4) is 5.69 Å². The van der Waals surface area contributed by atoms with Gasteiger partial charge >= 0.3 is 0 Å². The number of nitrogens with zero attached hydrogens (tertiary/aromatic N) is 4. The van der Waals surface area contributed by atoms with Crippen molar-refractivity contribution in [3.05, 3.63) is 69.2 Å². The Hall–Kier alpha value is -2.61. The Bertz CT molecular complexity index is 1060. The Labute approximate surface area is 182 Å². The lowest BCUT2D eigenvalue weighted by molar-refractivity contribution is -0.116. The van der Waals surface area contributed by atoms with Gasteiger partial charge in [0.1, 0.15) is 5.82 Å². The Balaban J connectivity index is 1.73. The molecule has 0 radical (unpaired) electrons. The van der Waals surface area contributed by atoms with Gasteiger partial charge in [0, 0.05) is 7.05 Å². The number of amides is 2. The summed E-state index contributed by atoms with van der Waals surface area (Å²) in [6, 6.07) is 12.0. The highest BCUT2D eigenvalue weighted by Crippen LogP contribution is 2.29. The minimum atomic E-state index is -0.515. The van der Waals surface area contributed by atoms with Crippen molar-refractivity contribution in [2.24, 2.45) is 0 Å². The molecule has 0 aliphatic heterocycles. The number of carbonyl (C=O) groups excluding carboxylic acids is 2. The number of rotatable bonds is 5. The summed E-state index contributed by atoms with van der Waals surface area (Å²) >= 11 is 18.3. The zero-order valence-corrected chi connectivity index (χ0v) is 17.8. The molecule has 2 aromatic carbocycles. The molecule has 0 aliphatic rings. The van der Waals surface area contributed by atoms with E-state index >= 15 is 0 Å². The predicted octanol–water partition coefficient (Wildman–Crippen LogP) is 4.25. The summed E-state index contributed by atoms with van der Waals surface area (Å²) in [4.78, 5) is 30.4. The Morgan fingerprint density at radius 2 is 1.66 bits per heavy atom. The molecule has 7 nitrogen and oxygen atoms in total. The van der Waals surface area contributed by atoms with Crippen molar-refractivity contribution in [1.29, 1.82) is 0 Å². The Kier molecular flexibility index (Phi) is 6.42. The largest absolute Gasteiger partial charge is 0.330 e. The van der Waals surface area contributed by atoms with E-state index in [-0.39, 0.29) is 12.4 Å². The lowest BCUT2D eigenvalue weighted by atomic mass is 10.3. The van der Waals surface area contributed by atoms with Crippen LogP contribution in [0.5, 0.6) is 0 Å². The quantitative estimate of drug-likeness (QED) is 0.628. The summed E-state index contributed by atoms with van der Waals surface area (Å²) in [6.07, 6.45) is 0. The molecule has 0 atom stereocenters. The maximum Gasteiger partial charge on any atom is 0.293 e. The average Bonchev–Trinajstić information content (AvgIpc) is 3.06. The summed E-state index contributed by atoms with van der Waals surface area (Å²) < 4.78 is 1.48. The predicted molar refractivity (Wildman–Crippen MR) is 113 cm³/mol. The third-order valence-corrected chi connectivity index (χ3v) is 4.95. The van der Waals surface area contributed by atoms with Crippen LogP contribution in [0.15, 0.2) is 42.5 Å². The SMILES string of the molecule is Cc1nc(C(=O)N(C)CC(=O)Nc2c(Cl)cccc2Cl)nn1-c1ccccc1Cl. The van der Waals surface area contributed by atoms with Crippen molar-refractivity contribution in [2.45, 2.75) is 6.92 Å². The zero-order valence-electron chi connectivity index (χ0n) is 15.5. The van der Waals surface area contributed by atoms with Gasteiger partial charge in [-0.05, 0) is 31.2 Å². The standard InChI is InChI=1S/C19H16Cl3N5O2/c1-11-23-18(25-27(11)15-9-4-3-6-12(15)20)19(29)26(2)10-16(28)24-17-13(21)7-5-8-14(17)22/h3-9H,10H2,1-2H3,(H,24,28). The van der Waals surface area contributed by atoms with Crippen LogP contribution in [0.4, 0.5) is 5.69 Å². The van der Waals surface area contributed by atoms with Gasteiger partial charge in [-0.3, -0.25) is 9.59 Å². The first-order chi connectivity index (χ1) is 13.8. The van der Waals surface area contributed by atoms with Crippen LogP contribution in [0.2, 0.25) is 15.1 Å². The van der Waals surface area contributed by atoms with Crippen molar-refractivity contribution in [3.63, 3.8) is 0 Å². The monoisotopic (exact) mass is 451 g/mol. The second-order valence-corrected chi connectivity index (χ2v) is 7.37. The van der Waals surface area contributed by atoms with Crippen LogP contribution in [-0.4, -0.2) is 45.1 Å². The first-order valence-electron chi connectivity index (χ1n) is 8.46. The molecule has 1 aromatic heterocycles. The van der Waals surface area contributed by atoms with Crippen molar-refractivity contribution in [2.75, 3.05) is 18.9 Å². The van der Waals surface area contributed by atoms with E-state index in [0.717, 1.165) is 0 Å². The fourth-order valence-electron chi connectivity index (χ4n) is 2.59. The highest BCUT2D eigenvalue weighted by Gasteiger charge is 2.22. The number of carbonyl (C=O) groups is 2. The molecule has 1 heterocycles. The Morgan fingerprint density at radius 3 is 2.31 bits per heavy atom. The molecule has 0 bridgehead atoms. The van der Waals surface area contributed by atoms with Gasteiger partial charge in [0.15, 0.2) is 0 Å². The van der Waals surface area contributed by atoms with Gasteiger partial charge in [-0.1, -0.05) is 53.0 Å². The Morgan fingerprint density at radius 1 is 1.03 bits per heavy atom. The second-order valence-electron chi connectivity index (χ2n) is 6.15. The molecule has 150 valence electrons. The van der Waals surface area contributed by atoms with E-state index in [1.807, 2.05) is 0 Å². The highest BCUT2D eigenvalue weighted by atomic mass is 35.5. The summed E-state index contributed by atoms with van der Waals surface area (Å²) in [5, 5.41) is 7.92. The molecule has 0 spiro atoms. The maximum absolute atomic E-state index is 12.7. The number of aryl methyl sites for hydroxylation is 1. The topological polar surface area (TPSA) is 80.1 Å². The van der Waals surface area contributed by atoms with Crippen molar-refractivity contribution >= 4 is 52.3 Å². The number of aromatic nitrogens is 3. The molecule has 0 saturated heterocycles. The first kappa shape index (κ1) is 21.1. The molecular formula is C19H16Cl3N5O2. The molecule has 2 amide bonds. The number of nitrogens with one attached hydrogen (secondary N) is 1. The number of halogens is 3. The average molecular weight is 453 g/mol. The minimum absolute atomic E-state index is 0.0477. The maximum atomic E-state index is 12.7. The molecule has 29 heavy (non-hydrogen) atoms. The molecular weight excluding hydrogens is 437 g/mol. The van der Waals surface area contributed by atoms with Gasteiger partial charge in [0.25, 0.3) is 5.91 Å². The fourth-order valence-corrected chi connectivity index (χ4v) is 3.29. The molecule has 3 aromatic rings. The molecule has 10 heteroatoms. The highest BCUT2D eigenvalue weighted by molar-refractivity contribution is 6.39. The molecule has 0 fully saturated rings. The van der Waals surface area contributed by atoms with Crippen LogP contribution in [0.3, 0.4) is 0 Å². The number of hydrogen-bond acceptors (Lipinski definition) is 4. The van der Waals surface area contributed by atoms with Gasteiger partial charge in [0.05, 0.1) is 33.0 Å². The van der Waals surface area contributed by atoms with E-state index in [0.29, 0.717) is 32.3 Å². The number of benzene rings is 2. The van der Waals surface area contributed by atoms with E-state index in [1.165, 1.54) is 16.6 Å². The second kappa shape index (κ2) is 8.82. The van der Waals surface area contributed by atoms with E-state index < -0.39 is 11.8 Å². The first-order valence-corrected chi connectivity index (χ1v) is 9.59. The zero-order chi connectivity index (χ0) is 21.1. The summed E-state index contributed by atoms with van der Waals surface area (Å²) in [5.41, 5.74) is 0.894. The number of anilines is 1. The number of likely N-dealkylation sites (N-methyl/N-ethyl adjacent to an activating group) is 1. The van der Waals surface area contributed by atoms with E-state index in [2.05, 4.69) is 15.4 Å². The van der Waals surface area contributed by atoms with Crippen LogP contribution in [0.25, 0.3) is 5.69 Å². The van der Waals surface area contributed by atoms with Crippen molar-refractivity contribution < 1.29 is 9.59 Å². The van der Waals surface area contributed by atoms with Gasteiger partial charge in [-0.2, -0.15) is 0 Å². The van der Waals surface area contributed by atoms with Crippen molar-refractivity contribution in [1.82, 2.24) is 19.7 Å². The third-order valence-electron chi connectivity index (χ3n) is 4.00. The molecule has 0 aliphatic carbocycles. The van der Waals surface area contributed by atoms with Gasteiger partial charge in [0.2, 0.25) is 11.7 Å².